The van der Waals surface area contributed by atoms with E-state index < -0.39 is 0 Å². The van der Waals surface area contributed by atoms with Crippen LogP contribution in [0.2, 0.25) is 0 Å². The Kier molecular flexibility index (Phi) is 3.76. The molecule has 2 fully saturated rings. The molecule has 0 spiro atoms. The highest BCUT2D eigenvalue weighted by atomic mass is 19.1. The Morgan fingerprint density at radius 2 is 2.17 bits per heavy atom. The molecule has 2 heterocycles. The van der Waals surface area contributed by atoms with Gasteiger partial charge < -0.3 is 10.6 Å². The molecule has 1 aliphatic heterocycles. The topological polar surface area (TPSA) is 59.2 Å². The third-order valence-corrected chi connectivity index (χ3v) is 5.27. The largest absolute Gasteiger partial charge is 0.336 e. The van der Waals surface area contributed by atoms with E-state index in [-0.39, 0.29) is 17.8 Å². The average Bonchev–Trinajstić information content (AvgIpc) is 3.36. The molecule has 24 heavy (non-hydrogen) atoms. The quantitative estimate of drug-likeness (QED) is 0.942. The van der Waals surface area contributed by atoms with Crippen molar-refractivity contribution in [2.75, 3.05) is 13.1 Å². The van der Waals surface area contributed by atoms with E-state index in [9.17, 15) is 9.18 Å². The average molecular weight is 327 g/mol. The molecule has 4 nitrogen and oxygen atoms in total. The highest BCUT2D eigenvalue weighted by Gasteiger charge is 2.34. The van der Waals surface area contributed by atoms with Crippen LogP contribution in [0.25, 0.3) is 10.9 Å². The van der Waals surface area contributed by atoms with Crippen LogP contribution in [0.15, 0.2) is 24.3 Å². The van der Waals surface area contributed by atoms with Crippen LogP contribution < -0.4 is 5.73 Å². The Balaban J connectivity index is 1.79. The van der Waals surface area contributed by atoms with Crippen LogP contribution in [0.1, 0.15) is 48.2 Å². The van der Waals surface area contributed by atoms with Crippen molar-refractivity contribution in [2.24, 2.45) is 11.7 Å². The number of fused-ring (bicyclic) bond motifs is 1. The summed E-state index contributed by atoms with van der Waals surface area (Å²) in [5, 5.41) is 0.604. The van der Waals surface area contributed by atoms with Crippen LogP contribution in [0.5, 0.6) is 0 Å². The SMILES string of the molecule is CC1CC(CN)CN1C(=O)c1cc(C2CC2)nc2ccc(F)cc12. The lowest BCUT2D eigenvalue weighted by atomic mass is 10.0. The lowest BCUT2D eigenvalue weighted by molar-refractivity contribution is 0.0745. The number of halogens is 1. The molecule has 1 aromatic carbocycles. The number of carbonyl (C=O) groups is 1. The second-order valence-electron chi connectivity index (χ2n) is 7.17. The van der Waals surface area contributed by atoms with Crippen LogP contribution in [-0.2, 0) is 0 Å². The normalized spacial score (nSPS) is 23.9. The number of hydrogen-bond acceptors (Lipinski definition) is 3. The van der Waals surface area contributed by atoms with Crippen LogP contribution >= 0.6 is 0 Å². The molecule has 1 amide bonds. The van der Waals surface area contributed by atoms with Gasteiger partial charge in [-0.05, 0) is 62.9 Å². The molecule has 2 aromatic rings. The number of benzene rings is 1. The zero-order chi connectivity index (χ0) is 16.8. The molecule has 0 bridgehead atoms. The number of amides is 1. The molecule has 1 saturated carbocycles. The Bertz CT molecular complexity index is 803. The fraction of sp³-hybridized carbons (Fsp3) is 0.474. The summed E-state index contributed by atoms with van der Waals surface area (Å²) in [6.45, 7) is 3.32. The van der Waals surface area contributed by atoms with Crippen molar-refractivity contribution in [3.05, 3.63) is 41.3 Å². The maximum Gasteiger partial charge on any atom is 0.254 e. The van der Waals surface area contributed by atoms with E-state index in [2.05, 4.69) is 11.9 Å². The van der Waals surface area contributed by atoms with Crippen LogP contribution in [-0.4, -0.2) is 34.9 Å². The van der Waals surface area contributed by atoms with Gasteiger partial charge in [0, 0.05) is 29.6 Å². The summed E-state index contributed by atoms with van der Waals surface area (Å²) in [4.78, 5) is 19.7. The predicted octanol–water partition coefficient (Wildman–Crippen LogP) is 3.06. The number of likely N-dealkylation sites (tertiary alicyclic amines) is 1. The molecule has 0 radical (unpaired) electrons. The maximum atomic E-state index is 13.8. The smallest absolute Gasteiger partial charge is 0.254 e. The van der Waals surface area contributed by atoms with Gasteiger partial charge in [-0.2, -0.15) is 0 Å². The number of nitrogens with zero attached hydrogens (tertiary/aromatic N) is 2. The van der Waals surface area contributed by atoms with Crippen molar-refractivity contribution >= 4 is 16.8 Å². The second-order valence-corrected chi connectivity index (χ2v) is 7.17. The Morgan fingerprint density at radius 1 is 1.38 bits per heavy atom. The minimum absolute atomic E-state index is 0.0293. The summed E-state index contributed by atoms with van der Waals surface area (Å²) in [5.74, 6) is 0.417. The number of rotatable bonds is 3. The zero-order valence-corrected chi connectivity index (χ0v) is 13.8. The lowest BCUT2D eigenvalue weighted by Crippen LogP contribution is -2.34. The van der Waals surface area contributed by atoms with Crippen molar-refractivity contribution < 1.29 is 9.18 Å². The van der Waals surface area contributed by atoms with E-state index in [1.54, 1.807) is 6.07 Å². The van der Waals surface area contributed by atoms with Gasteiger partial charge in [-0.1, -0.05) is 0 Å². The number of aromatic nitrogens is 1. The van der Waals surface area contributed by atoms with Gasteiger partial charge in [-0.25, -0.2) is 4.39 Å². The van der Waals surface area contributed by atoms with E-state index in [0.29, 0.717) is 41.4 Å². The van der Waals surface area contributed by atoms with E-state index in [1.165, 1.54) is 12.1 Å². The summed E-state index contributed by atoms with van der Waals surface area (Å²) in [5.41, 5.74) is 8.02. The molecule has 2 unspecified atom stereocenters. The molecule has 2 N–H and O–H groups in total. The Hall–Kier alpha value is -2.01. The molecular formula is C19H22FN3O. The van der Waals surface area contributed by atoms with Crippen LogP contribution in [0.4, 0.5) is 4.39 Å². The van der Waals surface area contributed by atoms with Gasteiger partial charge in [0.1, 0.15) is 5.82 Å². The summed E-state index contributed by atoms with van der Waals surface area (Å²) in [6, 6.07) is 6.54. The molecule has 2 aliphatic rings. The molecule has 1 aromatic heterocycles. The van der Waals surface area contributed by atoms with Gasteiger partial charge in [0.2, 0.25) is 0 Å². The van der Waals surface area contributed by atoms with Gasteiger partial charge in [-0.15, -0.1) is 0 Å². The second kappa shape index (κ2) is 5.81. The van der Waals surface area contributed by atoms with Gasteiger partial charge in [-0.3, -0.25) is 9.78 Å². The van der Waals surface area contributed by atoms with E-state index >= 15 is 0 Å². The number of nitrogens with two attached hydrogens (primary N) is 1. The standard InChI is InChI=1S/C19H22FN3O/c1-11-6-12(9-21)10-23(11)19(24)16-8-18(13-2-3-13)22-17-5-4-14(20)7-15(16)17/h4-5,7-8,11-13H,2-3,6,9-10,21H2,1H3. The lowest BCUT2D eigenvalue weighted by Gasteiger charge is -2.22. The molecule has 5 heteroatoms. The minimum atomic E-state index is -0.341. The summed E-state index contributed by atoms with van der Waals surface area (Å²) >= 11 is 0. The van der Waals surface area contributed by atoms with Crippen molar-refractivity contribution in [2.45, 2.75) is 38.1 Å². The van der Waals surface area contributed by atoms with E-state index in [0.717, 1.165) is 25.0 Å². The third kappa shape index (κ3) is 2.67. The molecule has 2 atom stereocenters. The fourth-order valence-corrected chi connectivity index (χ4v) is 3.73. The van der Waals surface area contributed by atoms with Gasteiger partial charge in [0.15, 0.2) is 0 Å². The molecule has 4 rings (SSSR count). The van der Waals surface area contributed by atoms with E-state index in [1.807, 2.05) is 11.0 Å². The number of carbonyl (C=O) groups excluding carboxylic acids is 1. The summed E-state index contributed by atoms with van der Waals surface area (Å²) < 4.78 is 13.8. The predicted molar refractivity (Wildman–Crippen MR) is 91.3 cm³/mol. The van der Waals surface area contributed by atoms with Crippen molar-refractivity contribution in [3.63, 3.8) is 0 Å². The minimum Gasteiger partial charge on any atom is -0.336 e. The summed E-state index contributed by atoms with van der Waals surface area (Å²) in [7, 11) is 0. The number of pyridine rings is 1. The van der Waals surface area contributed by atoms with Crippen molar-refractivity contribution in [1.29, 1.82) is 0 Å². The molecular weight excluding hydrogens is 305 g/mol. The van der Waals surface area contributed by atoms with Crippen molar-refractivity contribution in [3.8, 4) is 0 Å². The summed E-state index contributed by atoms with van der Waals surface area (Å²) in [6.07, 6.45) is 3.15. The zero-order valence-electron chi connectivity index (χ0n) is 13.8. The Labute approximate surface area is 140 Å². The van der Waals surface area contributed by atoms with Crippen LogP contribution in [0.3, 0.4) is 0 Å². The molecule has 1 aliphatic carbocycles. The van der Waals surface area contributed by atoms with Gasteiger partial charge in [0.05, 0.1) is 11.1 Å². The van der Waals surface area contributed by atoms with Gasteiger partial charge in [0.25, 0.3) is 5.91 Å². The monoisotopic (exact) mass is 327 g/mol. The Morgan fingerprint density at radius 3 is 2.83 bits per heavy atom. The number of hydrogen-bond donors (Lipinski definition) is 1. The molecule has 126 valence electrons. The highest BCUT2D eigenvalue weighted by molar-refractivity contribution is 6.06. The first-order valence-electron chi connectivity index (χ1n) is 8.68. The highest BCUT2D eigenvalue weighted by Crippen LogP contribution is 2.40. The first-order chi connectivity index (χ1) is 11.6. The molecule has 1 saturated heterocycles. The van der Waals surface area contributed by atoms with Crippen LogP contribution in [0, 0.1) is 11.7 Å². The fourth-order valence-electron chi connectivity index (χ4n) is 3.73. The first-order valence-corrected chi connectivity index (χ1v) is 8.68. The van der Waals surface area contributed by atoms with E-state index in [4.69, 9.17) is 5.73 Å². The maximum absolute atomic E-state index is 13.8. The third-order valence-electron chi connectivity index (χ3n) is 5.27. The van der Waals surface area contributed by atoms with Gasteiger partial charge >= 0.3 is 0 Å². The first kappa shape index (κ1) is 15.5. The van der Waals surface area contributed by atoms with Crippen molar-refractivity contribution in [1.82, 2.24) is 9.88 Å².